The molecule has 1 aliphatic rings. The van der Waals surface area contributed by atoms with Gasteiger partial charge in [-0.3, -0.25) is 0 Å². The van der Waals surface area contributed by atoms with E-state index in [0.29, 0.717) is 45.0 Å². The number of rotatable bonds is 5. The van der Waals surface area contributed by atoms with Gasteiger partial charge in [-0.05, 0) is 24.3 Å². The maximum absolute atomic E-state index is 13.8. The van der Waals surface area contributed by atoms with Crippen LogP contribution in [0.5, 0.6) is 5.75 Å². The van der Waals surface area contributed by atoms with Crippen LogP contribution in [0.1, 0.15) is 0 Å². The number of urea groups is 1. The Morgan fingerprint density at radius 1 is 1.00 bits per heavy atom. The van der Waals surface area contributed by atoms with Crippen molar-refractivity contribution in [3.63, 3.8) is 0 Å². The molecule has 0 aliphatic carbocycles. The molecule has 0 atom stereocenters. The molecule has 0 radical (unpaired) electrons. The van der Waals surface area contributed by atoms with Crippen LogP contribution in [0.15, 0.2) is 54.6 Å². The summed E-state index contributed by atoms with van der Waals surface area (Å²) in [6.07, 6.45) is 0. The van der Waals surface area contributed by atoms with Gasteiger partial charge in [-0.2, -0.15) is 0 Å². The fraction of sp³-hybridized carbons (Fsp3) is 0.316. The number of anilines is 1. The number of hydrogen-bond acceptors (Lipinski definition) is 3. The lowest BCUT2D eigenvalue weighted by Crippen LogP contribution is -2.52. The number of benzene rings is 2. The minimum atomic E-state index is -0.224. The number of hydrogen-bond donors (Lipinski definition) is 1. The molecule has 5 nitrogen and oxygen atoms in total. The molecule has 2 aromatic rings. The molecular formula is C19H22FN3O2. The smallest absolute Gasteiger partial charge is 0.317 e. The van der Waals surface area contributed by atoms with E-state index in [1.807, 2.05) is 41.3 Å². The highest BCUT2D eigenvalue weighted by molar-refractivity contribution is 5.74. The van der Waals surface area contributed by atoms with Crippen molar-refractivity contribution < 1.29 is 13.9 Å². The molecule has 1 fully saturated rings. The summed E-state index contributed by atoms with van der Waals surface area (Å²) in [4.78, 5) is 15.9. The Hall–Kier alpha value is -2.76. The molecule has 0 aromatic heterocycles. The number of carbonyl (C=O) groups is 1. The quantitative estimate of drug-likeness (QED) is 0.849. The van der Waals surface area contributed by atoms with Gasteiger partial charge < -0.3 is 19.9 Å². The van der Waals surface area contributed by atoms with Gasteiger partial charge in [-0.25, -0.2) is 9.18 Å². The van der Waals surface area contributed by atoms with Crippen LogP contribution in [0.4, 0.5) is 14.9 Å². The molecule has 1 N–H and O–H groups in total. The molecule has 6 heteroatoms. The second kappa shape index (κ2) is 8.37. The zero-order valence-electron chi connectivity index (χ0n) is 14.0. The van der Waals surface area contributed by atoms with Gasteiger partial charge in [-0.1, -0.05) is 30.3 Å². The number of carbonyl (C=O) groups excluding carboxylic acids is 1. The van der Waals surface area contributed by atoms with Crippen LogP contribution in [0, 0.1) is 5.82 Å². The number of ether oxygens (including phenoxy) is 1. The lowest BCUT2D eigenvalue weighted by molar-refractivity contribution is 0.191. The largest absolute Gasteiger partial charge is 0.492 e. The maximum Gasteiger partial charge on any atom is 0.317 e. The third kappa shape index (κ3) is 4.62. The number of para-hydroxylation sites is 2. The van der Waals surface area contributed by atoms with E-state index in [9.17, 15) is 9.18 Å². The van der Waals surface area contributed by atoms with Crippen molar-refractivity contribution in [2.75, 3.05) is 44.2 Å². The Labute approximate surface area is 147 Å². The van der Waals surface area contributed by atoms with Gasteiger partial charge in [0.15, 0.2) is 0 Å². The molecule has 3 rings (SSSR count). The summed E-state index contributed by atoms with van der Waals surface area (Å²) in [5, 5.41) is 2.86. The Morgan fingerprint density at radius 2 is 1.68 bits per heavy atom. The summed E-state index contributed by atoms with van der Waals surface area (Å²) >= 11 is 0. The van der Waals surface area contributed by atoms with Crippen molar-refractivity contribution in [1.29, 1.82) is 0 Å². The zero-order valence-corrected chi connectivity index (χ0v) is 14.0. The topological polar surface area (TPSA) is 44.8 Å². The van der Waals surface area contributed by atoms with Crippen molar-refractivity contribution in [2.45, 2.75) is 0 Å². The average molecular weight is 343 g/mol. The molecule has 132 valence electrons. The normalized spacial score (nSPS) is 14.3. The summed E-state index contributed by atoms with van der Waals surface area (Å²) < 4.78 is 19.4. The zero-order chi connectivity index (χ0) is 17.5. The first-order chi connectivity index (χ1) is 12.2. The van der Waals surface area contributed by atoms with Crippen LogP contribution in [-0.2, 0) is 0 Å². The van der Waals surface area contributed by atoms with E-state index in [0.717, 1.165) is 5.75 Å². The van der Waals surface area contributed by atoms with Crippen LogP contribution < -0.4 is 15.0 Å². The van der Waals surface area contributed by atoms with Gasteiger partial charge in [0.1, 0.15) is 18.2 Å². The first-order valence-corrected chi connectivity index (χ1v) is 8.44. The number of nitrogens with one attached hydrogen (secondary N) is 1. The second-order valence-electron chi connectivity index (χ2n) is 5.82. The summed E-state index contributed by atoms with van der Waals surface area (Å²) in [6, 6.07) is 16.1. The lowest BCUT2D eigenvalue weighted by atomic mass is 10.2. The number of amides is 2. The fourth-order valence-corrected chi connectivity index (χ4v) is 2.81. The first-order valence-electron chi connectivity index (χ1n) is 8.44. The SMILES string of the molecule is O=C(NCCOc1ccccc1)N1CCN(c2ccccc2F)CC1. The van der Waals surface area contributed by atoms with Gasteiger partial charge in [0, 0.05) is 26.2 Å². The summed E-state index contributed by atoms with van der Waals surface area (Å²) in [7, 11) is 0. The third-order valence-electron chi connectivity index (χ3n) is 4.15. The highest BCUT2D eigenvalue weighted by Gasteiger charge is 2.22. The molecule has 2 amide bonds. The van der Waals surface area contributed by atoms with Gasteiger partial charge in [0.25, 0.3) is 0 Å². The average Bonchev–Trinajstić information content (AvgIpc) is 2.66. The summed E-state index contributed by atoms with van der Waals surface area (Å²) in [5.41, 5.74) is 0.596. The van der Waals surface area contributed by atoms with E-state index in [1.54, 1.807) is 17.0 Å². The molecule has 0 spiro atoms. The van der Waals surface area contributed by atoms with Gasteiger partial charge in [0.05, 0.1) is 12.2 Å². The summed E-state index contributed by atoms with van der Waals surface area (Å²) in [5.74, 6) is 0.564. The predicted octanol–water partition coefficient (Wildman–Crippen LogP) is 2.74. The Kier molecular flexibility index (Phi) is 5.72. The van der Waals surface area contributed by atoms with E-state index < -0.39 is 0 Å². The van der Waals surface area contributed by atoms with Crippen molar-refractivity contribution in [3.8, 4) is 5.75 Å². The number of nitrogens with zero attached hydrogens (tertiary/aromatic N) is 2. The van der Waals surface area contributed by atoms with Crippen LogP contribution >= 0.6 is 0 Å². The molecular weight excluding hydrogens is 321 g/mol. The Bertz CT molecular complexity index is 688. The minimum Gasteiger partial charge on any atom is -0.492 e. The van der Waals surface area contributed by atoms with Crippen LogP contribution in [-0.4, -0.2) is 50.3 Å². The molecule has 1 saturated heterocycles. The molecule has 0 unspecified atom stereocenters. The van der Waals surface area contributed by atoms with Crippen molar-refractivity contribution in [3.05, 3.63) is 60.4 Å². The van der Waals surface area contributed by atoms with Crippen molar-refractivity contribution in [1.82, 2.24) is 10.2 Å². The molecule has 0 saturated carbocycles. The van der Waals surface area contributed by atoms with E-state index in [4.69, 9.17) is 4.74 Å². The van der Waals surface area contributed by atoms with Crippen molar-refractivity contribution in [2.24, 2.45) is 0 Å². The molecule has 25 heavy (non-hydrogen) atoms. The van der Waals surface area contributed by atoms with Crippen LogP contribution in [0.3, 0.4) is 0 Å². The van der Waals surface area contributed by atoms with Gasteiger partial charge >= 0.3 is 6.03 Å². The predicted molar refractivity (Wildman–Crippen MR) is 95.5 cm³/mol. The van der Waals surface area contributed by atoms with Crippen LogP contribution in [0.25, 0.3) is 0 Å². The van der Waals surface area contributed by atoms with Crippen LogP contribution in [0.2, 0.25) is 0 Å². The monoisotopic (exact) mass is 343 g/mol. The maximum atomic E-state index is 13.8. The standard InChI is InChI=1S/C19H22FN3O2/c20-17-8-4-5-9-18(17)22-11-13-23(14-12-22)19(24)21-10-15-25-16-6-2-1-3-7-16/h1-9H,10-15H2,(H,21,24). The molecule has 0 bridgehead atoms. The molecule has 1 aliphatic heterocycles. The number of halogens is 1. The second-order valence-corrected chi connectivity index (χ2v) is 5.82. The fourth-order valence-electron chi connectivity index (χ4n) is 2.81. The summed E-state index contributed by atoms with van der Waals surface area (Å²) in [6.45, 7) is 3.25. The van der Waals surface area contributed by atoms with E-state index in [1.165, 1.54) is 6.07 Å². The van der Waals surface area contributed by atoms with E-state index in [2.05, 4.69) is 5.32 Å². The Morgan fingerprint density at radius 3 is 2.40 bits per heavy atom. The molecule has 1 heterocycles. The lowest BCUT2D eigenvalue weighted by Gasteiger charge is -2.36. The Balaban J connectivity index is 1.39. The van der Waals surface area contributed by atoms with Crippen molar-refractivity contribution >= 4 is 11.7 Å². The third-order valence-corrected chi connectivity index (χ3v) is 4.15. The molecule has 2 aromatic carbocycles. The highest BCUT2D eigenvalue weighted by atomic mass is 19.1. The van der Waals surface area contributed by atoms with Gasteiger partial charge in [0.2, 0.25) is 0 Å². The van der Waals surface area contributed by atoms with Gasteiger partial charge in [-0.15, -0.1) is 0 Å². The minimum absolute atomic E-state index is 0.107. The first kappa shape index (κ1) is 17.1. The highest BCUT2D eigenvalue weighted by Crippen LogP contribution is 2.20. The number of piperazine rings is 1. The van der Waals surface area contributed by atoms with E-state index in [-0.39, 0.29) is 11.8 Å². The van der Waals surface area contributed by atoms with E-state index >= 15 is 0 Å².